The Hall–Kier alpha value is -1.91. The molecule has 0 fully saturated rings. The largest absolute Gasteiger partial charge is 0.377 e. The Morgan fingerprint density at radius 1 is 1.40 bits per heavy atom. The summed E-state index contributed by atoms with van der Waals surface area (Å²) in [6.45, 7) is 1.33. The van der Waals surface area contributed by atoms with Crippen molar-refractivity contribution in [1.29, 1.82) is 0 Å². The molecule has 1 aromatic carbocycles. The van der Waals surface area contributed by atoms with Gasteiger partial charge in [0.05, 0.1) is 10.6 Å². The van der Waals surface area contributed by atoms with Crippen molar-refractivity contribution in [2.75, 3.05) is 19.0 Å². The Morgan fingerprint density at radius 2 is 2.00 bits per heavy atom. The third-order valence-electron chi connectivity index (χ3n) is 2.05. The van der Waals surface area contributed by atoms with Crippen LogP contribution in [0, 0.1) is 10.1 Å². The van der Waals surface area contributed by atoms with E-state index in [9.17, 15) is 14.9 Å². The average molecular weight is 208 g/mol. The minimum atomic E-state index is -0.538. The highest BCUT2D eigenvalue weighted by Gasteiger charge is 2.21. The minimum absolute atomic E-state index is 0.145. The predicted molar refractivity (Wildman–Crippen MR) is 57.4 cm³/mol. The number of carbonyl (C=O) groups excluding carboxylic acids is 1. The highest BCUT2D eigenvalue weighted by Crippen LogP contribution is 2.28. The van der Waals surface area contributed by atoms with Crippen LogP contribution >= 0.6 is 0 Å². The zero-order valence-corrected chi connectivity index (χ0v) is 8.85. The van der Waals surface area contributed by atoms with E-state index in [0.717, 1.165) is 0 Å². The number of rotatable bonds is 3. The number of hydrogen-bond donors (Lipinski definition) is 0. The van der Waals surface area contributed by atoms with Crippen LogP contribution in [0.2, 0.25) is 0 Å². The fraction of sp³-hybridized carbons (Fsp3) is 0.300. The van der Waals surface area contributed by atoms with Crippen LogP contribution in [0.4, 0.5) is 11.4 Å². The first-order valence-corrected chi connectivity index (χ1v) is 4.40. The molecule has 0 aromatic heterocycles. The molecule has 15 heavy (non-hydrogen) atoms. The van der Waals surface area contributed by atoms with Gasteiger partial charge in [-0.2, -0.15) is 0 Å². The number of nitrogens with zero attached hydrogens (tertiary/aromatic N) is 2. The van der Waals surface area contributed by atoms with Crippen molar-refractivity contribution < 1.29 is 9.72 Å². The van der Waals surface area contributed by atoms with Crippen LogP contribution in [-0.4, -0.2) is 24.8 Å². The van der Waals surface area contributed by atoms with E-state index in [2.05, 4.69) is 0 Å². The van der Waals surface area contributed by atoms with E-state index in [1.165, 1.54) is 13.0 Å². The molecule has 0 amide bonds. The molecule has 0 radical (unpaired) electrons. The lowest BCUT2D eigenvalue weighted by Crippen LogP contribution is -2.14. The molecule has 0 bridgehead atoms. The number of Topliss-reactive ketones (excluding diaryl/α,β-unsaturated/α-hetero) is 1. The van der Waals surface area contributed by atoms with E-state index in [1.54, 1.807) is 31.1 Å². The zero-order chi connectivity index (χ0) is 11.6. The summed E-state index contributed by atoms with van der Waals surface area (Å²) in [5, 5.41) is 10.7. The Balaban J connectivity index is 3.48. The van der Waals surface area contributed by atoms with E-state index in [4.69, 9.17) is 0 Å². The lowest BCUT2D eigenvalue weighted by atomic mass is 10.1. The van der Waals surface area contributed by atoms with Crippen molar-refractivity contribution >= 4 is 17.2 Å². The quantitative estimate of drug-likeness (QED) is 0.432. The number of hydrogen-bond acceptors (Lipinski definition) is 4. The fourth-order valence-electron chi connectivity index (χ4n) is 1.41. The molecule has 5 nitrogen and oxygen atoms in total. The second-order valence-corrected chi connectivity index (χ2v) is 3.38. The predicted octanol–water partition coefficient (Wildman–Crippen LogP) is 1.86. The second kappa shape index (κ2) is 4.08. The molecule has 0 aliphatic heterocycles. The molecule has 1 rings (SSSR count). The van der Waals surface area contributed by atoms with Gasteiger partial charge in [-0.1, -0.05) is 6.07 Å². The fourth-order valence-corrected chi connectivity index (χ4v) is 1.41. The van der Waals surface area contributed by atoms with Crippen molar-refractivity contribution in [3.05, 3.63) is 33.9 Å². The molecule has 0 aliphatic carbocycles. The first-order valence-electron chi connectivity index (χ1n) is 4.40. The molecule has 0 atom stereocenters. The number of benzene rings is 1. The van der Waals surface area contributed by atoms with Gasteiger partial charge in [0.2, 0.25) is 0 Å². The number of nitro groups is 1. The summed E-state index contributed by atoms with van der Waals surface area (Å²) in [5.74, 6) is -0.300. The van der Waals surface area contributed by atoms with Crippen LogP contribution in [0.5, 0.6) is 0 Å². The van der Waals surface area contributed by atoms with Gasteiger partial charge in [-0.15, -0.1) is 0 Å². The van der Waals surface area contributed by atoms with Crippen LogP contribution in [0.1, 0.15) is 17.3 Å². The molecular weight excluding hydrogens is 196 g/mol. The summed E-state index contributed by atoms with van der Waals surface area (Å²) in [4.78, 5) is 23.2. The molecule has 0 aliphatic rings. The van der Waals surface area contributed by atoms with Crippen LogP contribution in [-0.2, 0) is 0 Å². The second-order valence-electron chi connectivity index (χ2n) is 3.38. The van der Waals surface area contributed by atoms with E-state index in [-0.39, 0.29) is 17.0 Å². The van der Waals surface area contributed by atoms with Crippen LogP contribution < -0.4 is 4.90 Å². The van der Waals surface area contributed by atoms with Gasteiger partial charge in [0.25, 0.3) is 5.69 Å². The summed E-state index contributed by atoms with van der Waals surface area (Å²) >= 11 is 0. The highest BCUT2D eigenvalue weighted by molar-refractivity contribution is 6.03. The molecule has 0 N–H and O–H groups in total. The van der Waals surface area contributed by atoms with Gasteiger partial charge in [-0.25, -0.2) is 0 Å². The Kier molecular flexibility index (Phi) is 3.04. The van der Waals surface area contributed by atoms with Gasteiger partial charge in [0, 0.05) is 20.2 Å². The average Bonchev–Trinajstić information content (AvgIpc) is 2.16. The molecule has 0 spiro atoms. The smallest absolute Gasteiger partial charge is 0.282 e. The number of anilines is 1. The SMILES string of the molecule is CC(=O)c1c(N(C)C)cccc1[N+](=O)[O-]. The zero-order valence-electron chi connectivity index (χ0n) is 8.85. The molecule has 0 saturated heterocycles. The summed E-state index contributed by atoms with van der Waals surface area (Å²) in [5.41, 5.74) is 0.581. The Bertz CT molecular complexity index is 413. The summed E-state index contributed by atoms with van der Waals surface area (Å²) in [6.07, 6.45) is 0. The van der Waals surface area contributed by atoms with Gasteiger partial charge in [0.1, 0.15) is 5.56 Å². The van der Waals surface area contributed by atoms with Gasteiger partial charge < -0.3 is 4.90 Å². The van der Waals surface area contributed by atoms with Gasteiger partial charge >= 0.3 is 0 Å². The first-order chi connectivity index (χ1) is 6.95. The topological polar surface area (TPSA) is 63.5 Å². The monoisotopic (exact) mass is 208 g/mol. The van der Waals surface area contributed by atoms with Gasteiger partial charge in [0.15, 0.2) is 5.78 Å². The molecular formula is C10H12N2O3. The third kappa shape index (κ3) is 2.12. The Labute approximate surface area is 87.5 Å². The number of ketones is 1. The van der Waals surface area contributed by atoms with Gasteiger partial charge in [-0.3, -0.25) is 14.9 Å². The van der Waals surface area contributed by atoms with Crippen molar-refractivity contribution in [3.8, 4) is 0 Å². The minimum Gasteiger partial charge on any atom is -0.377 e. The van der Waals surface area contributed by atoms with Crippen LogP contribution in [0.25, 0.3) is 0 Å². The molecule has 5 heteroatoms. The van der Waals surface area contributed by atoms with Crippen LogP contribution in [0.15, 0.2) is 18.2 Å². The van der Waals surface area contributed by atoms with E-state index in [1.807, 2.05) is 0 Å². The molecule has 1 aromatic rings. The first kappa shape index (κ1) is 11.2. The Morgan fingerprint density at radius 3 is 2.40 bits per heavy atom. The van der Waals surface area contributed by atoms with E-state index < -0.39 is 4.92 Å². The van der Waals surface area contributed by atoms with E-state index >= 15 is 0 Å². The molecule has 80 valence electrons. The maximum atomic E-state index is 11.4. The van der Waals surface area contributed by atoms with Crippen molar-refractivity contribution in [2.45, 2.75) is 6.92 Å². The number of nitro benzene ring substituents is 1. The highest BCUT2D eigenvalue weighted by atomic mass is 16.6. The van der Waals surface area contributed by atoms with Crippen molar-refractivity contribution in [3.63, 3.8) is 0 Å². The number of carbonyl (C=O) groups is 1. The van der Waals surface area contributed by atoms with Crippen molar-refractivity contribution in [1.82, 2.24) is 0 Å². The normalized spacial score (nSPS) is 9.80. The lowest BCUT2D eigenvalue weighted by Gasteiger charge is -2.15. The van der Waals surface area contributed by atoms with E-state index in [0.29, 0.717) is 5.69 Å². The summed E-state index contributed by atoms with van der Waals surface area (Å²) in [7, 11) is 3.48. The van der Waals surface area contributed by atoms with Gasteiger partial charge in [-0.05, 0) is 13.0 Å². The summed E-state index contributed by atoms with van der Waals surface area (Å²) in [6, 6.07) is 4.59. The molecule has 0 unspecified atom stereocenters. The molecule has 0 saturated carbocycles. The maximum absolute atomic E-state index is 11.4. The standard InChI is InChI=1S/C10H12N2O3/c1-7(13)10-8(11(2)3)5-4-6-9(10)12(14)15/h4-6H,1-3H3. The van der Waals surface area contributed by atoms with Crippen LogP contribution in [0.3, 0.4) is 0 Å². The van der Waals surface area contributed by atoms with Crippen molar-refractivity contribution in [2.24, 2.45) is 0 Å². The third-order valence-corrected chi connectivity index (χ3v) is 2.05. The maximum Gasteiger partial charge on any atom is 0.282 e. The molecule has 0 heterocycles. The lowest BCUT2D eigenvalue weighted by molar-refractivity contribution is -0.385. The summed E-state index contributed by atoms with van der Waals surface area (Å²) < 4.78 is 0.